The molecule has 0 aromatic heterocycles. The van der Waals surface area contributed by atoms with Crippen molar-refractivity contribution < 1.29 is 13.5 Å². The van der Waals surface area contributed by atoms with Crippen LogP contribution in [0.4, 0.5) is 8.78 Å². The number of piperidine rings is 1. The molecule has 5 heteroatoms. The summed E-state index contributed by atoms with van der Waals surface area (Å²) in [7, 11) is 1.74. The van der Waals surface area contributed by atoms with Crippen LogP contribution in [0.5, 0.6) is 0 Å². The number of nitrogens with two attached hydrogens (primary N) is 1. The van der Waals surface area contributed by atoms with E-state index in [0.717, 1.165) is 25.1 Å². The number of hydrogen-bond acceptors (Lipinski definition) is 3. The maximum atomic E-state index is 12.6. The first-order chi connectivity index (χ1) is 10.1. The van der Waals surface area contributed by atoms with Crippen molar-refractivity contribution in [3.8, 4) is 0 Å². The van der Waals surface area contributed by atoms with E-state index in [4.69, 9.17) is 10.5 Å². The molecule has 2 N–H and O–H groups in total. The van der Waals surface area contributed by atoms with E-state index in [0.29, 0.717) is 12.5 Å². The van der Waals surface area contributed by atoms with Gasteiger partial charge in [0.15, 0.2) is 0 Å². The van der Waals surface area contributed by atoms with Crippen LogP contribution in [0.1, 0.15) is 36.9 Å². The monoisotopic (exact) mass is 298 g/mol. The average Bonchev–Trinajstić information content (AvgIpc) is 2.50. The molecule has 2 rings (SSSR count). The van der Waals surface area contributed by atoms with Crippen LogP contribution in [0.15, 0.2) is 24.3 Å². The average molecular weight is 298 g/mol. The highest BCUT2D eigenvalue weighted by Gasteiger charge is 2.30. The molecule has 0 aliphatic carbocycles. The van der Waals surface area contributed by atoms with Crippen LogP contribution in [-0.4, -0.2) is 37.7 Å². The van der Waals surface area contributed by atoms with E-state index in [1.54, 1.807) is 19.2 Å². The lowest BCUT2D eigenvalue weighted by Crippen LogP contribution is -2.47. The zero-order valence-electron chi connectivity index (χ0n) is 12.6. The molecule has 1 aromatic carbocycles. The molecule has 3 nitrogen and oxygen atoms in total. The molecule has 0 amide bonds. The number of likely N-dealkylation sites (tertiary alicyclic amines) is 1. The van der Waals surface area contributed by atoms with E-state index >= 15 is 0 Å². The standard InChI is InChI=1S/C16H24F2N2O/c1-11-7-8-20(10-15(11)21-2)14(9-19)12-3-5-13(6-4-12)16(17)18/h3-6,11,14-16H,7-10,19H2,1-2H3. The molecular formula is C16H24F2N2O. The van der Waals surface area contributed by atoms with Gasteiger partial charge < -0.3 is 10.5 Å². The number of alkyl halides is 2. The number of hydrogen-bond donors (Lipinski definition) is 1. The first-order valence-corrected chi connectivity index (χ1v) is 7.41. The van der Waals surface area contributed by atoms with Gasteiger partial charge in [0, 0.05) is 31.8 Å². The number of ether oxygens (including phenoxy) is 1. The number of methoxy groups -OCH3 is 1. The Bertz CT molecular complexity index is 438. The van der Waals surface area contributed by atoms with Crippen molar-refractivity contribution in [2.75, 3.05) is 26.7 Å². The Balaban J connectivity index is 2.11. The second-order valence-electron chi connectivity index (χ2n) is 5.75. The Labute approximate surface area is 125 Å². The lowest BCUT2D eigenvalue weighted by atomic mass is 9.93. The van der Waals surface area contributed by atoms with E-state index in [9.17, 15) is 8.78 Å². The van der Waals surface area contributed by atoms with Gasteiger partial charge in [-0.25, -0.2) is 8.78 Å². The van der Waals surface area contributed by atoms with Gasteiger partial charge >= 0.3 is 0 Å². The molecule has 1 aliphatic rings. The van der Waals surface area contributed by atoms with Crippen LogP contribution in [0.3, 0.4) is 0 Å². The van der Waals surface area contributed by atoms with Gasteiger partial charge in [0.05, 0.1) is 6.10 Å². The molecule has 1 heterocycles. The van der Waals surface area contributed by atoms with Crippen LogP contribution in [0, 0.1) is 5.92 Å². The second-order valence-corrected chi connectivity index (χ2v) is 5.75. The van der Waals surface area contributed by atoms with Crippen LogP contribution < -0.4 is 5.73 Å². The van der Waals surface area contributed by atoms with E-state index in [1.807, 2.05) is 0 Å². The van der Waals surface area contributed by atoms with E-state index in [2.05, 4.69) is 11.8 Å². The van der Waals surface area contributed by atoms with Crippen molar-refractivity contribution >= 4 is 0 Å². The van der Waals surface area contributed by atoms with Crippen molar-refractivity contribution in [1.82, 2.24) is 4.90 Å². The minimum atomic E-state index is -2.43. The van der Waals surface area contributed by atoms with Gasteiger partial charge in [-0.2, -0.15) is 0 Å². The van der Waals surface area contributed by atoms with Crippen molar-refractivity contribution in [2.24, 2.45) is 11.7 Å². The number of nitrogens with zero attached hydrogens (tertiary/aromatic N) is 1. The maximum absolute atomic E-state index is 12.6. The fourth-order valence-corrected chi connectivity index (χ4v) is 3.01. The topological polar surface area (TPSA) is 38.5 Å². The number of benzene rings is 1. The Kier molecular flexibility index (Phi) is 5.67. The lowest BCUT2D eigenvalue weighted by molar-refractivity contribution is -0.0183. The van der Waals surface area contributed by atoms with Crippen LogP contribution in [0.25, 0.3) is 0 Å². The highest BCUT2D eigenvalue weighted by Crippen LogP contribution is 2.28. The molecule has 1 aliphatic heterocycles. The molecule has 118 valence electrons. The molecule has 1 aromatic rings. The van der Waals surface area contributed by atoms with Crippen LogP contribution in [-0.2, 0) is 4.74 Å². The largest absolute Gasteiger partial charge is 0.380 e. The van der Waals surface area contributed by atoms with Crippen LogP contribution in [0.2, 0.25) is 0 Å². The molecule has 0 radical (unpaired) electrons. The molecule has 1 saturated heterocycles. The zero-order chi connectivity index (χ0) is 15.4. The summed E-state index contributed by atoms with van der Waals surface area (Å²) >= 11 is 0. The molecular weight excluding hydrogens is 274 g/mol. The number of halogens is 2. The fraction of sp³-hybridized carbons (Fsp3) is 0.625. The molecule has 0 bridgehead atoms. The predicted octanol–water partition coefficient (Wildman–Crippen LogP) is 2.98. The van der Waals surface area contributed by atoms with Crippen molar-refractivity contribution in [1.29, 1.82) is 0 Å². The summed E-state index contributed by atoms with van der Waals surface area (Å²) in [5.41, 5.74) is 6.97. The number of rotatable bonds is 5. The summed E-state index contributed by atoms with van der Waals surface area (Å²) in [4.78, 5) is 2.30. The normalized spacial score (nSPS) is 25.2. The minimum absolute atomic E-state index is 0.0524. The highest BCUT2D eigenvalue weighted by atomic mass is 19.3. The smallest absolute Gasteiger partial charge is 0.263 e. The summed E-state index contributed by atoms with van der Waals surface area (Å²) in [5.74, 6) is 0.533. The van der Waals surface area contributed by atoms with Crippen molar-refractivity contribution in [2.45, 2.75) is 31.9 Å². The highest BCUT2D eigenvalue weighted by molar-refractivity contribution is 5.26. The van der Waals surface area contributed by atoms with Crippen molar-refractivity contribution in [3.05, 3.63) is 35.4 Å². The molecule has 0 spiro atoms. The predicted molar refractivity (Wildman–Crippen MR) is 79.3 cm³/mol. The second kappa shape index (κ2) is 7.29. The molecule has 3 unspecified atom stereocenters. The zero-order valence-corrected chi connectivity index (χ0v) is 12.6. The third kappa shape index (κ3) is 3.78. The molecule has 0 saturated carbocycles. The molecule has 21 heavy (non-hydrogen) atoms. The summed E-state index contributed by atoms with van der Waals surface area (Å²) in [6.45, 7) is 4.45. The lowest BCUT2D eigenvalue weighted by Gasteiger charge is -2.40. The van der Waals surface area contributed by atoms with Gasteiger partial charge in [0.1, 0.15) is 0 Å². The molecule has 1 fully saturated rings. The summed E-state index contributed by atoms with van der Waals surface area (Å²) in [6.07, 6.45) is -1.17. The Hall–Kier alpha value is -1.04. The fourth-order valence-electron chi connectivity index (χ4n) is 3.01. The summed E-state index contributed by atoms with van der Waals surface area (Å²) in [5, 5.41) is 0. The van der Waals surface area contributed by atoms with Gasteiger partial charge in [-0.05, 0) is 24.4 Å². The summed E-state index contributed by atoms with van der Waals surface area (Å²) < 4.78 is 30.8. The maximum Gasteiger partial charge on any atom is 0.263 e. The molecule has 3 atom stereocenters. The Morgan fingerprint density at radius 1 is 1.29 bits per heavy atom. The van der Waals surface area contributed by atoms with E-state index in [-0.39, 0.29) is 17.7 Å². The quantitative estimate of drug-likeness (QED) is 0.908. The minimum Gasteiger partial charge on any atom is -0.380 e. The van der Waals surface area contributed by atoms with Crippen molar-refractivity contribution in [3.63, 3.8) is 0 Å². The third-order valence-electron chi connectivity index (χ3n) is 4.46. The van der Waals surface area contributed by atoms with Gasteiger partial charge in [-0.1, -0.05) is 31.2 Å². The summed E-state index contributed by atoms with van der Waals surface area (Å²) in [6, 6.07) is 6.56. The Morgan fingerprint density at radius 2 is 1.90 bits per heavy atom. The van der Waals surface area contributed by atoms with E-state index < -0.39 is 6.43 Å². The SMILES string of the molecule is COC1CN(C(CN)c2ccc(C(F)F)cc2)CCC1C. The first-order valence-electron chi connectivity index (χ1n) is 7.41. The van der Waals surface area contributed by atoms with Crippen LogP contribution >= 0.6 is 0 Å². The van der Waals surface area contributed by atoms with Gasteiger partial charge in [-0.15, -0.1) is 0 Å². The van der Waals surface area contributed by atoms with E-state index in [1.165, 1.54) is 12.1 Å². The van der Waals surface area contributed by atoms with Gasteiger partial charge in [-0.3, -0.25) is 4.90 Å². The Morgan fingerprint density at radius 3 is 2.43 bits per heavy atom. The third-order valence-corrected chi connectivity index (χ3v) is 4.46. The first kappa shape index (κ1) is 16.3. The van der Waals surface area contributed by atoms with Gasteiger partial charge in [0.25, 0.3) is 6.43 Å². The van der Waals surface area contributed by atoms with Gasteiger partial charge in [0.2, 0.25) is 0 Å².